The van der Waals surface area contributed by atoms with Crippen LogP contribution in [0.1, 0.15) is 49.7 Å². The smallest absolute Gasteiger partial charge is 0.123 e. The second kappa shape index (κ2) is 7.09. The molecule has 0 heterocycles. The average molecular weight is 277 g/mol. The van der Waals surface area contributed by atoms with Gasteiger partial charge in [0.2, 0.25) is 0 Å². The van der Waals surface area contributed by atoms with Crippen molar-refractivity contribution in [3.8, 4) is 5.75 Å². The molecule has 1 fully saturated rings. The molecular weight excluding hydrogens is 250 g/mol. The summed E-state index contributed by atoms with van der Waals surface area (Å²) >= 11 is 0. The van der Waals surface area contributed by atoms with Gasteiger partial charge in [-0.2, -0.15) is 0 Å². The maximum atomic E-state index is 10.6. The molecule has 0 aromatic heterocycles. The monoisotopic (exact) mass is 277 g/mol. The van der Waals surface area contributed by atoms with Crippen LogP contribution < -0.4 is 10.1 Å². The van der Waals surface area contributed by atoms with E-state index >= 15 is 0 Å². The highest BCUT2D eigenvalue weighted by Gasteiger charge is 2.27. The molecule has 2 N–H and O–H groups in total. The van der Waals surface area contributed by atoms with Gasteiger partial charge in [-0.3, -0.25) is 0 Å². The standard InChI is InChI=1S/C17H27NO2/c1-14-7-8-16(20-2)15(11-14)12-18-13-17(19)9-5-3-4-6-10-17/h7-8,11,18-19H,3-6,9-10,12-13H2,1-2H3. The molecule has 1 aliphatic rings. The molecular formula is C17H27NO2. The Labute approximate surface area is 122 Å². The number of hydrogen-bond acceptors (Lipinski definition) is 3. The molecule has 0 saturated heterocycles. The van der Waals surface area contributed by atoms with Crippen molar-refractivity contribution in [3.05, 3.63) is 29.3 Å². The summed E-state index contributed by atoms with van der Waals surface area (Å²) in [5.74, 6) is 0.913. The van der Waals surface area contributed by atoms with Crippen LogP contribution in [0.2, 0.25) is 0 Å². The van der Waals surface area contributed by atoms with Crippen LogP contribution in [-0.4, -0.2) is 24.4 Å². The van der Waals surface area contributed by atoms with Gasteiger partial charge in [0.15, 0.2) is 0 Å². The van der Waals surface area contributed by atoms with Crippen LogP contribution >= 0.6 is 0 Å². The molecule has 112 valence electrons. The van der Waals surface area contributed by atoms with E-state index in [1.807, 2.05) is 6.07 Å². The van der Waals surface area contributed by atoms with E-state index in [1.54, 1.807) is 7.11 Å². The Bertz CT molecular complexity index is 423. The van der Waals surface area contributed by atoms with Crippen molar-refractivity contribution in [1.82, 2.24) is 5.32 Å². The third kappa shape index (κ3) is 4.22. The topological polar surface area (TPSA) is 41.5 Å². The summed E-state index contributed by atoms with van der Waals surface area (Å²) in [6.07, 6.45) is 6.65. The zero-order valence-electron chi connectivity index (χ0n) is 12.7. The first kappa shape index (κ1) is 15.3. The lowest BCUT2D eigenvalue weighted by Gasteiger charge is -2.27. The van der Waals surface area contributed by atoms with E-state index in [0.717, 1.165) is 43.5 Å². The van der Waals surface area contributed by atoms with Crippen molar-refractivity contribution >= 4 is 0 Å². The van der Waals surface area contributed by atoms with Gasteiger partial charge in [-0.25, -0.2) is 0 Å². The van der Waals surface area contributed by atoms with Gasteiger partial charge in [0.1, 0.15) is 5.75 Å². The molecule has 0 spiro atoms. The predicted octanol–water partition coefficient (Wildman–Crippen LogP) is 3.18. The molecule has 0 unspecified atom stereocenters. The fourth-order valence-corrected chi connectivity index (χ4v) is 3.04. The molecule has 0 radical (unpaired) electrons. The maximum Gasteiger partial charge on any atom is 0.123 e. The fraction of sp³-hybridized carbons (Fsp3) is 0.647. The molecule has 1 aromatic carbocycles. The minimum atomic E-state index is -0.520. The van der Waals surface area contributed by atoms with Gasteiger partial charge in [-0.15, -0.1) is 0 Å². The lowest BCUT2D eigenvalue weighted by atomic mass is 9.94. The third-order valence-corrected chi connectivity index (χ3v) is 4.24. The summed E-state index contributed by atoms with van der Waals surface area (Å²) in [4.78, 5) is 0. The van der Waals surface area contributed by atoms with Crippen LogP contribution in [0.4, 0.5) is 0 Å². The van der Waals surface area contributed by atoms with Crippen LogP contribution in [0.25, 0.3) is 0 Å². The first-order valence-electron chi connectivity index (χ1n) is 7.70. The number of aryl methyl sites for hydroxylation is 1. The Hall–Kier alpha value is -1.06. The van der Waals surface area contributed by atoms with E-state index in [9.17, 15) is 5.11 Å². The van der Waals surface area contributed by atoms with Gasteiger partial charge in [-0.1, -0.05) is 43.4 Å². The number of nitrogens with one attached hydrogen (secondary N) is 1. The summed E-state index contributed by atoms with van der Waals surface area (Å²) < 4.78 is 5.39. The zero-order valence-corrected chi connectivity index (χ0v) is 12.7. The summed E-state index contributed by atoms with van der Waals surface area (Å²) in [6.45, 7) is 3.50. The van der Waals surface area contributed by atoms with E-state index in [0.29, 0.717) is 6.54 Å². The number of benzene rings is 1. The summed E-state index contributed by atoms with van der Waals surface area (Å²) in [6, 6.07) is 6.21. The molecule has 20 heavy (non-hydrogen) atoms. The van der Waals surface area contributed by atoms with Gasteiger partial charge < -0.3 is 15.2 Å². The van der Waals surface area contributed by atoms with Crippen LogP contribution in [0.5, 0.6) is 5.75 Å². The van der Waals surface area contributed by atoms with Crippen LogP contribution in [-0.2, 0) is 6.54 Å². The first-order chi connectivity index (χ1) is 9.63. The number of methoxy groups -OCH3 is 1. The molecule has 0 bridgehead atoms. The molecule has 0 aliphatic heterocycles. The van der Waals surface area contributed by atoms with Crippen molar-refractivity contribution in [1.29, 1.82) is 0 Å². The van der Waals surface area contributed by atoms with Crippen molar-refractivity contribution in [3.63, 3.8) is 0 Å². The average Bonchev–Trinajstić information content (AvgIpc) is 2.64. The fourth-order valence-electron chi connectivity index (χ4n) is 3.04. The Morgan fingerprint density at radius 3 is 2.55 bits per heavy atom. The first-order valence-corrected chi connectivity index (χ1v) is 7.70. The Morgan fingerprint density at radius 2 is 1.90 bits per heavy atom. The highest BCUT2D eigenvalue weighted by atomic mass is 16.5. The molecule has 0 atom stereocenters. The number of ether oxygens (including phenoxy) is 1. The SMILES string of the molecule is COc1ccc(C)cc1CNCC1(O)CCCCCC1. The molecule has 3 nitrogen and oxygen atoms in total. The lowest BCUT2D eigenvalue weighted by Crippen LogP contribution is -2.39. The van der Waals surface area contributed by atoms with Crippen molar-refractivity contribution in [2.75, 3.05) is 13.7 Å². The van der Waals surface area contributed by atoms with Gasteiger partial charge in [0.25, 0.3) is 0 Å². The maximum absolute atomic E-state index is 10.6. The second-order valence-corrected chi connectivity index (χ2v) is 6.06. The highest BCUT2D eigenvalue weighted by molar-refractivity contribution is 5.36. The number of aliphatic hydroxyl groups is 1. The summed E-state index contributed by atoms with van der Waals surface area (Å²) in [5, 5.41) is 14.0. The normalized spacial score (nSPS) is 18.6. The largest absolute Gasteiger partial charge is 0.496 e. The predicted molar refractivity (Wildman–Crippen MR) is 82.1 cm³/mol. The van der Waals surface area contributed by atoms with Gasteiger partial charge in [0, 0.05) is 18.7 Å². The van der Waals surface area contributed by atoms with E-state index in [-0.39, 0.29) is 0 Å². The third-order valence-electron chi connectivity index (χ3n) is 4.24. The highest BCUT2D eigenvalue weighted by Crippen LogP contribution is 2.26. The van der Waals surface area contributed by atoms with Crippen molar-refractivity contribution < 1.29 is 9.84 Å². The quantitative estimate of drug-likeness (QED) is 0.812. The lowest BCUT2D eigenvalue weighted by molar-refractivity contribution is 0.0250. The van der Waals surface area contributed by atoms with E-state index in [4.69, 9.17) is 4.74 Å². The number of hydrogen-bond donors (Lipinski definition) is 2. The molecule has 1 aliphatic carbocycles. The zero-order chi connectivity index (χ0) is 14.4. The van der Waals surface area contributed by atoms with Gasteiger partial charge >= 0.3 is 0 Å². The Balaban J connectivity index is 1.90. The van der Waals surface area contributed by atoms with Gasteiger partial charge in [-0.05, 0) is 25.8 Å². The second-order valence-electron chi connectivity index (χ2n) is 6.06. The molecule has 1 aromatic rings. The van der Waals surface area contributed by atoms with Crippen molar-refractivity contribution in [2.24, 2.45) is 0 Å². The summed E-state index contributed by atoms with van der Waals surface area (Å²) in [5.41, 5.74) is 1.87. The van der Waals surface area contributed by atoms with E-state index < -0.39 is 5.60 Å². The van der Waals surface area contributed by atoms with E-state index in [1.165, 1.54) is 18.4 Å². The van der Waals surface area contributed by atoms with Crippen LogP contribution in [0, 0.1) is 6.92 Å². The molecule has 2 rings (SSSR count). The minimum Gasteiger partial charge on any atom is -0.496 e. The Morgan fingerprint density at radius 1 is 1.20 bits per heavy atom. The van der Waals surface area contributed by atoms with Crippen LogP contribution in [0.15, 0.2) is 18.2 Å². The van der Waals surface area contributed by atoms with Crippen molar-refractivity contribution in [2.45, 2.75) is 57.6 Å². The molecule has 3 heteroatoms. The summed E-state index contributed by atoms with van der Waals surface area (Å²) in [7, 11) is 1.70. The molecule has 1 saturated carbocycles. The van der Waals surface area contributed by atoms with Crippen LogP contribution in [0.3, 0.4) is 0 Å². The number of rotatable bonds is 5. The van der Waals surface area contributed by atoms with E-state index in [2.05, 4.69) is 24.4 Å². The minimum absolute atomic E-state index is 0.520. The molecule has 0 amide bonds. The Kier molecular flexibility index (Phi) is 5.44. The van der Waals surface area contributed by atoms with Gasteiger partial charge in [0.05, 0.1) is 12.7 Å².